The maximum atomic E-state index is 12.5. The SMILES string of the molecule is C[C@H]1CC2C3CCC4=CC(=O)C=CC4(C)C3[C@@H](O)CC2(C)C1C(=O)CO.OS. The van der Waals surface area contributed by atoms with E-state index in [0.717, 1.165) is 24.8 Å². The zero-order valence-electron chi connectivity index (χ0n) is 16.8. The van der Waals surface area contributed by atoms with E-state index in [1.165, 1.54) is 0 Å². The fourth-order valence-electron chi connectivity index (χ4n) is 7.48. The average molecular weight is 409 g/mol. The maximum absolute atomic E-state index is 12.5. The molecule has 3 N–H and O–H groups in total. The van der Waals surface area contributed by atoms with Gasteiger partial charge in [0.15, 0.2) is 11.6 Å². The van der Waals surface area contributed by atoms with Crippen LogP contribution in [0.1, 0.15) is 46.5 Å². The summed E-state index contributed by atoms with van der Waals surface area (Å²) < 4.78 is 6.69. The average Bonchev–Trinajstić information content (AvgIpc) is 2.93. The van der Waals surface area contributed by atoms with E-state index in [-0.39, 0.29) is 40.2 Å². The minimum atomic E-state index is -0.493. The minimum Gasteiger partial charge on any atom is -0.393 e. The molecule has 0 aromatic rings. The standard InChI is InChI=1S/C22H30O4.H2OS/c1-12-8-16-15-5-4-13-9-14(24)6-7-21(13,2)20(15)17(25)10-22(16,3)19(12)18(26)11-23;1-2/h6-7,9,12,15-17,19-20,23,25H,4-5,8,10-11H2,1-3H3;1-2H/t12-,15?,16?,17-,19?,20?,21?,22?;/m0./s1. The smallest absolute Gasteiger partial charge is 0.178 e. The largest absolute Gasteiger partial charge is 0.393 e. The number of fused-ring (bicyclic) bond motifs is 5. The van der Waals surface area contributed by atoms with Crippen molar-refractivity contribution < 1.29 is 24.4 Å². The van der Waals surface area contributed by atoms with E-state index in [1.807, 2.05) is 6.08 Å². The zero-order valence-corrected chi connectivity index (χ0v) is 17.7. The van der Waals surface area contributed by atoms with Gasteiger partial charge in [-0.3, -0.25) is 9.59 Å². The lowest BCUT2D eigenvalue weighted by Gasteiger charge is -2.58. The molecule has 6 unspecified atom stereocenters. The van der Waals surface area contributed by atoms with Crippen molar-refractivity contribution in [1.29, 1.82) is 0 Å². The first-order valence-electron chi connectivity index (χ1n) is 10.2. The molecule has 0 aliphatic heterocycles. The number of hydrogen-bond donors (Lipinski definition) is 4. The number of carbonyl (C=O) groups excluding carboxylic acids is 2. The molecule has 0 radical (unpaired) electrons. The summed E-state index contributed by atoms with van der Waals surface area (Å²) in [4.78, 5) is 24.3. The van der Waals surface area contributed by atoms with Crippen molar-refractivity contribution in [2.45, 2.75) is 52.6 Å². The molecule has 5 nitrogen and oxygen atoms in total. The third-order valence-electron chi connectivity index (χ3n) is 8.34. The van der Waals surface area contributed by atoms with Gasteiger partial charge in [-0.05, 0) is 73.9 Å². The van der Waals surface area contributed by atoms with Gasteiger partial charge in [0.2, 0.25) is 0 Å². The van der Waals surface area contributed by atoms with E-state index >= 15 is 0 Å². The predicted molar refractivity (Wildman–Crippen MR) is 110 cm³/mol. The number of hydrogen-bond acceptors (Lipinski definition) is 6. The number of thiol groups is 1. The Morgan fingerprint density at radius 2 is 2.00 bits per heavy atom. The van der Waals surface area contributed by atoms with Gasteiger partial charge >= 0.3 is 0 Å². The van der Waals surface area contributed by atoms with Crippen molar-refractivity contribution in [2.75, 3.05) is 6.61 Å². The lowest BCUT2D eigenvalue weighted by molar-refractivity contribution is -0.142. The Morgan fingerprint density at radius 1 is 1.32 bits per heavy atom. The maximum Gasteiger partial charge on any atom is 0.178 e. The highest BCUT2D eigenvalue weighted by molar-refractivity contribution is 7.74. The topological polar surface area (TPSA) is 94.8 Å². The molecule has 4 aliphatic carbocycles. The summed E-state index contributed by atoms with van der Waals surface area (Å²) >= 11 is 2.53. The van der Waals surface area contributed by atoms with E-state index < -0.39 is 12.7 Å². The van der Waals surface area contributed by atoms with Gasteiger partial charge in [-0.15, -0.1) is 0 Å². The molecule has 0 amide bonds. The highest BCUT2D eigenvalue weighted by Crippen LogP contribution is 2.67. The molecule has 4 rings (SSSR count). The lowest BCUT2D eigenvalue weighted by atomic mass is 9.46. The summed E-state index contributed by atoms with van der Waals surface area (Å²) in [5.74, 6) is 0.886. The Labute approximate surface area is 172 Å². The Balaban J connectivity index is 0.00000109. The molecule has 4 aliphatic rings. The van der Waals surface area contributed by atoms with Crippen molar-refractivity contribution in [3.63, 3.8) is 0 Å². The van der Waals surface area contributed by atoms with Crippen LogP contribution in [0.25, 0.3) is 0 Å². The fraction of sp³-hybridized carbons (Fsp3) is 0.727. The first-order valence-corrected chi connectivity index (χ1v) is 10.6. The van der Waals surface area contributed by atoms with Gasteiger partial charge < -0.3 is 14.8 Å². The van der Waals surface area contributed by atoms with Crippen LogP contribution in [0.5, 0.6) is 0 Å². The Bertz CT molecular complexity index is 716. The molecule has 0 bridgehead atoms. The van der Waals surface area contributed by atoms with E-state index in [1.54, 1.807) is 12.2 Å². The second kappa shape index (κ2) is 7.71. The van der Waals surface area contributed by atoms with Crippen LogP contribution in [0.15, 0.2) is 23.8 Å². The molecule has 6 heteroatoms. The lowest BCUT2D eigenvalue weighted by Crippen LogP contribution is -2.56. The Morgan fingerprint density at radius 3 is 2.64 bits per heavy atom. The third kappa shape index (κ3) is 3.04. The van der Waals surface area contributed by atoms with Crippen LogP contribution in [0.3, 0.4) is 0 Å². The van der Waals surface area contributed by atoms with Gasteiger partial charge in [0.05, 0.1) is 6.10 Å². The number of aliphatic hydroxyl groups is 2. The van der Waals surface area contributed by atoms with E-state index in [4.69, 9.17) is 4.55 Å². The number of allylic oxidation sites excluding steroid dienone is 4. The Kier molecular flexibility index (Phi) is 5.99. The molecular formula is C22H32O5S. The highest BCUT2D eigenvalue weighted by Gasteiger charge is 2.64. The minimum absolute atomic E-state index is 0.0501. The van der Waals surface area contributed by atoms with Crippen LogP contribution < -0.4 is 0 Å². The highest BCUT2D eigenvalue weighted by atomic mass is 32.1. The number of aliphatic hydroxyl groups excluding tert-OH is 2. The van der Waals surface area contributed by atoms with Crippen LogP contribution in [-0.2, 0) is 9.59 Å². The number of carbonyl (C=O) groups is 2. The van der Waals surface area contributed by atoms with Gasteiger partial charge in [0, 0.05) is 17.3 Å². The van der Waals surface area contributed by atoms with Crippen molar-refractivity contribution >= 4 is 24.5 Å². The molecule has 0 heterocycles. The summed E-state index contributed by atoms with van der Waals surface area (Å²) in [7, 11) is 0. The van der Waals surface area contributed by atoms with Crippen molar-refractivity contribution in [2.24, 2.45) is 40.4 Å². The normalized spacial score (nSPS) is 46.5. The van der Waals surface area contributed by atoms with Crippen LogP contribution >= 0.6 is 12.9 Å². The zero-order chi connectivity index (χ0) is 20.9. The molecule has 8 atom stereocenters. The van der Waals surface area contributed by atoms with Gasteiger partial charge in [-0.1, -0.05) is 32.4 Å². The first-order chi connectivity index (χ1) is 13.2. The summed E-state index contributed by atoms with van der Waals surface area (Å²) in [5, 5.41) is 20.7. The second-order valence-corrected chi connectivity index (χ2v) is 9.62. The van der Waals surface area contributed by atoms with Gasteiger partial charge in [-0.2, -0.15) is 0 Å². The summed E-state index contributed by atoms with van der Waals surface area (Å²) in [6, 6.07) is 0. The number of Topliss-reactive ketones (excluding diaryl/α,β-unsaturated/α-hetero) is 1. The van der Waals surface area contributed by atoms with Crippen molar-refractivity contribution in [3.05, 3.63) is 23.8 Å². The van der Waals surface area contributed by atoms with E-state index in [0.29, 0.717) is 18.3 Å². The first kappa shape index (κ1) is 21.8. The summed E-state index contributed by atoms with van der Waals surface area (Å²) in [6.07, 6.45) is 8.39. The van der Waals surface area contributed by atoms with E-state index in [9.17, 15) is 19.8 Å². The fourth-order valence-corrected chi connectivity index (χ4v) is 7.48. The Hall–Kier alpha value is -0.950. The van der Waals surface area contributed by atoms with Gasteiger partial charge in [0.1, 0.15) is 6.61 Å². The third-order valence-corrected chi connectivity index (χ3v) is 8.34. The molecule has 28 heavy (non-hydrogen) atoms. The predicted octanol–water partition coefficient (Wildman–Crippen LogP) is 3.08. The number of rotatable bonds is 2. The summed E-state index contributed by atoms with van der Waals surface area (Å²) in [6.45, 7) is 6.04. The monoisotopic (exact) mass is 408 g/mol. The van der Waals surface area contributed by atoms with Gasteiger partial charge in [-0.25, -0.2) is 0 Å². The van der Waals surface area contributed by atoms with Crippen LogP contribution in [-0.4, -0.2) is 39.0 Å². The summed E-state index contributed by atoms with van der Waals surface area (Å²) in [5.41, 5.74) is 0.647. The molecule has 3 fully saturated rings. The van der Waals surface area contributed by atoms with Crippen molar-refractivity contribution in [1.82, 2.24) is 0 Å². The molecule has 3 saturated carbocycles. The molecule has 0 aromatic heterocycles. The second-order valence-electron chi connectivity index (χ2n) is 9.62. The molecule has 156 valence electrons. The van der Waals surface area contributed by atoms with Crippen molar-refractivity contribution in [3.8, 4) is 0 Å². The quantitative estimate of drug-likeness (QED) is 0.416. The van der Waals surface area contributed by atoms with Crippen LogP contribution in [0.2, 0.25) is 0 Å². The van der Waals surface area contributed by atoms with Gasteiger partial charge in [0.25, 0.3) is 0 Å². The molecule has 0 spiro atoms. The molecule has 0 aromatic carbocycles. The number of ketones is 2. The van der Waals surface area contributed by atoms with Crippen LogP contribution in [0.4, 0.5) is 0 Å². The molecule has 0 saturated heterocycles. The van der Waals surface area contributed by atoms with E-state index in [2.05, 4.69) is 33.7 Å². The van der Waals surface area contributed by atoms with Crippen LogP contribution in [0, 0.1) is 40.4 Å². The molecular weight excluding hydrogens is 376 g/mol.